The molecule has 0 saturated heterocycles. The maximum absolute atomic E-state index is 5.44. The van der Waals surface area contributed by atoms with Gasteiger partial charge in [-0.2, -0.15) is 0 Å². The molecule has 0 unspecified atom stereocenters. The molecule has 0 saturated carbocycles. The minimum Gasteiger partial charge on any atom is -0.330 e. The first-order valence-corrected chi connectivity index (χ1v) is 6.24. The van der Waals surface area contributed by atoms with Gasteiger partial charge in [-0.3, -0.25) is 0 Å². The summed E-state index contributed by atoms with van der Waals surface area (Å²) in [5.41, 5.74) is 6.47. The van der Waals surface area contributed by atoms with Gasteiger partial charge in [0.25, 0.3) is 0 Å². The van der Waals surface area contributed by atoms with E-state index < -0.39 is 0 Å². The predicted molar refractivity (Wildman–Crippen MR) is 63.2 cm³/mol. The first kappa shape index (κ1) is 11.2. The number of nitrogens with two attached hydrogens (primary N) is 1. The van der Waals surface area contributed by atoms with Crippen LogP contribution in [-0.4, -0.2) is 26.5 Å². The lowest BCUT2D eigenvalue weighted by Gasteiger charge is -1.95. The van der Waals surface area contributed by atoms with Gasteiger partial charge < -0.3 is 5.73 Å². The van der Waals surface area contributed by atoms with Gasteiger partial charge in [0.1, 0.15) is 5.01 Å². The Morgan fingerprint density at radius 3 is 3.06 bits per heavy atom. The Morgan fingerprint density at radius 1 is 1.38 bits per heavy atom. The number of hydrogen-bond donors (Lipinski definition) is 1. The Morgan fingerprint density at radius 2 is 2.31 bits per heavy atom. The van der Waals surface area contributed by atoms with Gasteiger partial charge in [-0.25, -0.2) is 9.67 Å². The third-order valence-corrected chi connectivity index (χ3v) is 3.02. The fourth-order valence-corrected chi connectivity index (χ4v) is 2.06. The van der Waals surface area contributed by atoms with Crippen molar-refractivity contribution in [2.45, 2.75) is 25.8 Å². The van der Waals surface area contributed by atoms with Crippen molar-refractivity contribution in [1.82, 2.24) is 20.0 Å². The lowest BCUT2D eigenvalue weighted by atomic mass is 10.2. The summed E-state index contributed by atoms with van der Waals surface area (Å²) in [4.78, 5) is 4.21. The number of hydrogen-bond acceptors (Lipinski definition) is 5. The van der Waals surface area contributed by atoms with E-state index in [4.69, 9.17) is 5.73 Å². The first-order valence-electron chi connectivity index (χ1n) is 5.36. The molecule has 2 aromatic rings. The molecule has 2 rings (SSSR count). The van der Waals surface area contributed by atoms with Crippen LogP contribution in [-0.2, 0) is 13.0 Å². The summed E-state index contributed by atoms with van der Waals surface area (Å²) in [6.45, 7) is 1.45. The molecule has 0 atom stereocenters. The second-order valence-electron chi connectivity index (χ2n) is 3.58. The normalized spacial score (nSPS) is 10.8. The smallest absolute Gasteiger partial charge is 0.114 e. The zero-order valence-corrected chi connectivity index (χ0v) is 9.86. The standard InChI is InChI=1S/C10H15N5S/c11-4-2-1-3-9-7-15(14-13-9)8-10-12-5-6-16-10/h5-7H,1-4,8,11H2. The van der Waals surface area contributed by atoms with Crippen LogP contribution in [0.5, 0.6) is 0 Å². The zero-order valence-electron chi connectivity index (χ0n) is 9.04. The zero-order chi connectivity index (χ0) is 11.2. The number of rotatable bonds is 6. The number of thiazole rings is 1. The third kappa shape index (κ3) is 3.11. The van der Waals surface area contributed by atoms with Gasteiger partial charge in [0.15, 0.2) is 0 Å². The Bertz CT molecular complexity index is 409. The van der Waals surface area contributed by atoms with Crippen molar-refractivity contribution in [3.63, 3.8) is 0 Å². The maximum Gasteiger partial charge on any atom is 0.114 e. The van der Waals surface area contributed by atoms with Crippen LogP contribution in [0.15, 0.2) is 17.8 Å². The molecule has 0 aliphatic rings. The second kappa shape index (κ2) is 5.72. The highest BCUT2D eigenvalue weighted by Gasteiger charge is 2.02. The largest absolute Gasteiger partial charge is 0.330 e. The molecule has 5 nitrogen and oxygen atoms in total. The van der Waals surface area contributed by atoms with E-state index in [9.17, 15) is 0 Å². The Balaban J connectivity index is 1.87. The van der Waals surface area contributed by atoms with Gasteiger partial charge in [0.05, 0.1) is 12.2 Å². The lowest BCUT2D eigenvalue weighted by molar-refractivity contribution is 0.646. The molecule has 0 amide bonds. The topological polar surface area (TPSA) is 69.6 Å². The molecule has 0 aliphatic carbocycles. The van der Waals surface area contributed by atoms with Gasteiger partial charge >= 0.3 is 0 Å². The molecule has 0 fully saturated rings. The molecule has 16 heavy (non-hydrogen) atoms. The fourth-order valence-electron chi connectivity index (χ4n) is 1.45. The summed E-state index contributed by atoms with van der Waals surface area (Å²) in [6.07, 6.45) is 6.86. The van der Waals surface area contributed by atoms with Gasteiger partial charge in [-0.05, 0) is 25.8 Å². The van der Waals surface area contributed by atoms with Crippen LogP contribution in [0.2, 0.25) is 0 Å². The van der Waals surface area contributed by atoms with E-state index >= 15 is 0 Å². The minimum absolute atomic E-state index is 0.710. The Labute approximate surface area is 98.3 Å². The van der Waals surface area contributed by atoms with Gasteiger partial charge in [-0.15, -0.1) is 16.4 Å². The van der Waals surface area contributed by atoms with Crippen molar-refractivity contribution < 1.29 is 0 Å². The van der Waals surface area contributed by atoms with Crippen LogP contribution in [0.1, 0.15) is 23.5 Å². The van der Waals surface area contributed by atoms with Crippen LogP contribution in [0.3, 0.4) is 0 Å². The quantitative estimate of drug-likeness (QED) is 0.763. The summed E-state index contributed by atoms with van der Waals surface area (Å²) < 4.78 is 1.83. The Hall–Kier alpha value is -1.27. The highest BCUT2D eigenvalue weighted by molar-refractivity contribution is 7.09. The van der Waals surface area contributed by atoms with Crippen molar-refractivity contribution in [2.75, 3.05) is 6.54 Å². The molecule has 0 radical (unpaired) electrons. The van der Waals surface area contributed by atoms with Crippen LogP contribution in [0.25, 0.3) is 0 Å². The molecule has 0 spiro atoms. The molecule has 0 aromatic carbocycles. The number of unbranched alkanes of at least 4 members (excludes halogenated alkanes) is 1. The molecule has 2 N–H and O–H groups in total. The van der Waals surface area contributed by atoms with E-state index in [0.29, 0.717) is 6.54 Å². The molecule has 6 heteroatoms. The maximum atomic E-state index is 5.44. The minimum atomic E-state index is 0.710. The molecule has 86 valence electrons. The van der Waals surface area contributed by atoms with Crippen molar-refractivity contribution >= 4 is 11.3 Å². The fraction of sp³-hybridized carbons (Fsp3) is 0.500. The van der Waals surface area contributed by atoms with E-state index in [0.717, 1.165) is 36.5 Å². The monoisotopic (exact) mass is 237 g/mol. The summed E-state index contributed by atoms with van der Waals surface area (Å²) in [5.74, 6) is 0. The third-order valence-electron chi connectivity index (χ3n) is 2.25. The summed E-state index contributed by atoms with van der Waals surface area (Å²) in [5, 5.41) is 11.2. The van der Waals surface area contributed by atoms with E-state index in [1.54, 1.807) is 17.5 Å². The van der Waals surface area contributed by atoms with Crippen LogP contribution in [0.4, 0.5) is 0 Å². The number of aryl methyl sites for hydroxylation is 1. The van der Waals surface area contributed by atoms with E-state index in [1.165, 1.54) is 0 Å². The van der Waals surface area contributed by atoms with E-state index in [1.807, 2.05) is 16.3 Å². The van der Waals surface area contributed by atoms with Crippen LogP contribution in [0, 0.1) is 0 Å². The van der Waals surface area contributed by atoms with Gasteiger partial charge in [0, 0.05) is 17.8 Å². The number of nitrogens with zero attached hydrogens (tertiary/aromatic N) is 4. The summed E-state index contributed by atoms with van der Waals surface area (Å²) in [6, 6.07) is 0. The second-order valence-corrected chi connectivity index (χ2v) is 4.56. The van der Waals surface area contributed by atoms with Crippen molar-refractivity contribution in [3.8, 4) is 0 Å². The van der Waals surface area contributed by atoms with Crippen LogP contribution >= 0.6 is 11.3 Å². The average Bonchev–Trinajstić information content (AvgIpc) is 2.91. The molecular formula is C10H15N5S. The summed E-state index contributed by atoms with van der Waals surface area (Å²) in [7, 11) is 0. The highest BCUT2D eigenvalue weighted by Crippen LogP contribution is 2.07. The van der Waals surface area contributed by atoms with Gasteiger partial charge in [0.2, 0.25) is 0 Å². The highest BCUT2D eigenvalue weighted by atomic mass is 32.1. The van der Waals surface area contributed by atoms with Gasteiger partial charge in [-0.1, -0.05) is 5.21 Å². The summed E-state index contributed by atoms with van der Waals surface area (Å²) >= 11 is 1.63. The van der Waals surface area contributed by atoms with Crippen molar-refractivity contribution in [1.29, 1.82) is 0 Å². The molecule has 0 bridgehead atoms. The molecule has 2 aromatic heterocycles. The molecule has 2 heterocycles. The SMILES string of the molecule is NCCCCc1cn(Cc2nccs2)nn1. The molecule has 0 aliphatic heterocycles. The van der Waals surface area contributed by atoms with E-state index in [2.05, 4.69) is 15.3 Å². The predicted octanol–water partition coefficient (Wildman–Crippen LogP) is 1.06. The van der Waals surface area contributed by atoms with Crippen LogP contribution < -0.4 is 5.73 Å². The Kier molecular flexibility index (Phi) is 4.01. The average molecular weight is 237 g/mol. The number of aromatic nitrogens is 4. The first-order chi connectivity index (χ1) is 7.88. The van der Waals surface area contributed by atoms with Crippen molar-refractivity contribution in [2.24, 2.45) is 5.73 Å². The lowest BCUT2D eigenvalue weighted by Crippen LogP contribution is -1.99. The van der Waals surface area contributed by atoms with E-state index in [-0.39, 0.29) is 0 Å². The molecular weight excluding hydrogens is 222 g/mol. The van der Waals surface area contributed by atoms with Crippen molar-refractivity contribution in [3.05, 3.63) is 28.5 Å².